The molecule has 1 aliphatic heterocycles. The van der Waals surface area contributed by atoms with Crippen LogP contribution in [0.15, 0.2) is 24.5 Å². The zero-order valence-electron chi connectivity index (χ0n) is 22.6. The van der Waals surface area contributed by atoms with Crippen LogP contribution >= 0.6 is 0 Å². The van der Waals surface area contributed by atoms with Crippen molar-refractivity contribution in [2.24, 2.45) is 5.92 Å². The summed E-state index contributed by atoms with van der Waals surface area (Å²) in [4.78, 5) is 18.9. The molecule has 3 aromatic rings. The van der Waals surface area contributed by atoms with Gasteiger partial charge in [0, 0.05) is 38.6 Å². The van der Waals surface area contributed by atoms with Gasteiger partial charge in [-0.05, 0) is 56.2 Å². The number of aldehydes is 1. The van der Waals surface area contributed by atoms with E-state index in [9.17, 15) is 4.79 Å². The van der Waals surface area contributed by atoms with Gasteiger partial charge in [0.25, 0.3) is 0 Å². The molecule has 2 fully saturated rings. The van der Waals surface area contributed by atoms with Crippen molar-refractivity contribution in [2.45, 2.75) is 77.0 Å². The Balaban J connectivity index is 1.50. The lowest BCUT2D eigenvalue weighted by molar-refractivity contribution is -0.111. The number of morpholine rings is 1. The number of rotatable bonds is 9. The largest absolute Gasteiger partial charge is 0.377 e. The summed E-state index contributed by atoms with van der Waals surface area (Å²) >= 11 is 0. The van der Waals surface area contributed by atoms with E-state index in [2.05, 4.69) is 42.6 Å². The highest BCUT2D eigenvalue weighted by Gasteiger charge is 2.28. The highest BCUT2D eigenvalue weighted by Crippen LogP contribution is 2.40. The molecule has 1 saturated heterocycles. The molecule has 5 rings (SSSR count). The van der Waals surface area contributed by atoms with Crippen molar-refractivity contribution < 1.29 is 14.3 Å². The van der Waals surface area contributed by atoms with Crippen LogP contribution in [0.25, 0.3) is 16.9 Å². The maximum absolute atomic E-state index is 11.4. The standard InChI is InChI=1S/C27H40N6O3Si/c1-20-18-35-12-11-31(20)25-15-23(22-7-5-21(17-34)6-8-22)24-16-29-33(27(24)30-25)26-9-10-28-32(26)19-36-13-14-37(2,3)4/h9-10,15-17,20-22H,5-8,11-14,18-19H2,1-4H3. The second-order valence-corrected chi connectivity index (χ2v) is 17.4. The molecule has 1 saturated carbocycles. The summed E-state index contributed by atoms with van der Waals surface area (Å²) in [5.74, 6) is 2.39. The molecule has 0 N–H and O–H groups in total. The van der Waals surface area contributed by atoms with Crippen molar-refractivity contribution in [1.82, 2.24) is 24.5 Å². The Hall–Kier alpha value is -2.56. The second-order valence-electron chi connectivity index (χ2n) is 11.8. The molecule has 4 heterocycles. The van der Waals surface area contributed by atoms with E-state index in [0.29, 0.717) is 25.9 Å². The molecule has 3 aromatic heterocycles. The molecule has 1 unspecified atom stereocenters. The smallest absolute Gasteiger partial charge is 0.167 e. The Labute approximate surface area is 220 Å². The molecule has 200 valence electrons. The SMILES string of the molecule is CC1COCCN1c1cc(C2CCC(C=O)CC2)c2cnn(-c3ccnn3COCC[Si](C)(C)C)c2n1. The Morgan fingerprint density at radius 3 is 2.73 bits per heavy atom. The number of ether oxygens (including phenoxy) is 2. The summed E-state index contributed by atoms with van der Waals surface area (Å²) in [5.41, 5.74) is 2.12. The average molecular weight is 525 g/mol. The summed E-state index contributed by atoms with van der Waals surface area (Å²) < 4.78 is 15.5. The van der Waals surface area contributed by atoms with Crippen LogP contribution in [0.4, 0.5) is 5.82 Å². The number of pyridine rings is 1. The molecule has 1 aliphatic carbocycles. The lowest BCUT2D eigenvalue weighted by atomic mass is 9.78. The summed E-state index contributed by atoms with van der Waals surface area (Å²) in [6, 6.07) is 5.60. The van der Waals surface area contributed by atoms with Crippen LogP contribution in [-0.2, 0) is 21.0 Å². The number of fused-ring (bicyclic) bond motifs is 1. The lowest BCUT2D eigenvalue weighted by Gasteiger charge is -2.35. The van der Waals surface area contributed by atoms with Gasteiger partial charge in [-0.25, -0.2) is 9.67 Å². The minimum absolute atomic E-state index is 0.185. The van der Waals surface area contributed by atoms with Gasteiger partial charge in [0.1, 0.15) is 18.8 Å². The predicted octanol–water partition coefficient (Wildman–Crippen LogP) is 4.63. The van der Waals surface area contributed by atoms with Gasteiger partial charge in [-0.3, -0.25) is 0 Å². The van der Waals surface area contributed by atoms with E-state index in [1.807, 2.05) is 21.6 Å². The maximum atomic E-state index is 11.4. The third-order valence-electron chi connectivity index (χ3n) is 7.75. The molecule has 2 aliphatic rings. The van der Waals surface area contributed by atoms with E-state index in [4.69, 9.17) is 19.6 Å². The Kier molecular flexibility index (Phi) is 7.78. The van der Waals surface area contributed by atoms with Crippen LogP contribution in [0.1, 0.15) is 44.1 Å². The minimum Gasteiger partial charge on any atom is -0.377 e. The normalized spacial score (nSPS) is 23.0. The van der Waals surface area contributed by atoms with E-state index >= 15 is 0 Å². The summed E-state index contributed by atoms with van der Waals surface area (Å²) in [6.45, 7) is 12.6. The summed E-state index contributed by atoms with van der Waals surface area (Å²) in [6.07, 6.45) is 8.76. The highest BCUT2D eigenvalue weighted by atomic mass is 28.3. The van der Waals surface area contributed by atoms with Gasteiger partial charge in [-0.1, -0.05) is 19.6 Å². The zero-order valence-corrected chi connectivity index (χ0v) is 23.6. The number of carbonyl (C=O) groups excluding carboxylic acids is 1. The first-order valence-corrected chi connectivity index (χ1v) is 17.3. The first kappa shape index (κ1) is 26.1. The van der Waals surface area contributed by atoms with Crippen LogP contribution in [0.2, 0.25) is 25.7 Å². The topological polar surface area (TPSA) is 87.3 Å². The molecule has 0 aromatic carbocycles. The number of aromatic nitrogens is 5. The predicted molar refractivity (Wildman–Crippen MR) is 147 cm³/mol. The molecular formula is C27H40N6O3Si. The van der Waals surface area contributed by atoms with Crippen molar-refractivity contribution in [2.75, 3.05) is 31.3 Å². The van der Waals surface area contributed by atoms with Gasteiger partial charge >= 0.3 is 0 Å². The van der Waals surface area contributed by atoms with E-state index in [0.717, 1.165) is 73.8 Å². The Morgan fingerprint density at radius 2 is 2.00 bits per heavy atom. The first-order chi connectivity index (χ1) is 17.8. The van der Waals surface area contributed by atoms with Gasteiger partial charge in [-0.15, -0.1) is 0 Å². The van der Waals surface area contributed by atoms with Gasteiger partial charge in [0.05, 0.1) is 31.6 Å². The molecule has 0 amide bonds. The molecule has 0 radical (unpaired) electrons. The molecule has 37 heavy (non-hydrogen) atoms. The number of hydrogen-bond acceptors (Lipinski definition) is 7. The fourth-order valence-corrected chi connectivity index (χ4v) is 6.19. The van der Waals surface area contributed by atoms with Crippen molar-refractivity contribution in [3.05, 3.63) is 30.1 Å². The maximum Gasteiger partial charge on any atom is 0.167 e. The monoisotopic (exact) mass is 524 g/mol. The average Bonchev–Trinajstić information content (AvgIpc) is 3.52. The van der Waals surface area contributed by atoms with Gasteiger partial charge in [-0.2, -0.15) is 14.9 Å². The highest BCUT2D eigenvalue weighted by molar-refractivity contribution is 6.76. The summed E-state index contributed by atoms with van der Waals surface area (Å²) in [5, 5.41) is 10.4. The van der Waals surface area contributed by atoms with Crippen molar-refractivity contribution in [1.29, 1.82) is 0 Å². The van der Waals surface area contributed by atoms with E-state index in [1.165, 1.54) is 5.56 Å². The van der Waals surface area contributed by atoms with Crippen molar-refractivity contribution in [3.8, 4) is 5.82 Å². The number of anilines is 1. The van der Waals surface area contributed by atoms with Crippen LogP contribution < -0.4 is 4.90 Å². The molecule has 1 atom stereocenters. The summed E-state index contributed by atoms with van der Waals surface area (Å²) in [7, 11) is -1.16. The van der Waals surface area contributed by atoms with E-state index < -0.39 is 8.07 Å². The van der Waals surface area contributed by atoms with Crippen molar-refractivity contribution in [3.63, 3.8) is 0 Å². The van der Waals surface area contributed by atoms with Gasteiger partial charge in [0.2, 0.25) is 0 Å². The van der Waals surface area contributed by atoms with E-state index in [-0.39, 0.29) is 12.0 Å². The fourth-order valence-electron chi connectivity index (χ4n) is 5.43. The van der Waals surface area contributed by atoms with Crippen LogP contribution in [0.5, 0.6) is 0 Å². The Morgan fingerprint density at radius 1 is 1.19 bits per heavy atom. The fraction of sp³-hybridized carbons (Fsp3) is 0.630. The van der Waals surface area contributed by atoms with Crippen LogP contribution in [0, 0.1) is 5.92 Å². The second kappa shape index (κ2) is 11.0. The molecular weight excluding hydrogens is 484 g/mol. The van der Waals surface area contributed by atoms with Crippen LogP contribution in [-0.4, -0.2) is 71.3 Å². The van der Waals surface area contributed by atoms with Gasteiger partial charge in [0.15, 0.2) is 11.5 Å². The number of carbonyl (C=O) groups is 1. The molecule has 10 heteroatoms. The lowest BCUT2D eigenvalue weighted by Crippen LogP contribution is -2.44. The van der Waals surface area contributed by atoms with Crippen molar-refractivity contribution >= 4 is 31.2 Å². The number of hydrogen-bond donors (Lipinski definition) is 0. The third kappa shape index (κ3) is 5.81. The first-order valence-electron chi connectivity index (χ1n) is 13.6. The van der Waals surface area contributed by atoms with Crippen LogP contribution in [0.3, 0.4) is 0 Å². The zero-order chi connectivity index (χ0) is 26.0. The quantitative estimate of drug-likeness (QED) is 0.229. The van der Waals surface area contributed by atoms with E-state index in [1.54, 1.807) is 6.20 Å². The number of nitrogens with zero attached hydrogens (tertiary/aromatic N) is 6. The Bertz CT molecular complexity index is 1210. The van der Waals surface area contributed by atoms with Gasteiger partial charge < -0.3 is 19.2 Å². The molecule has 0 bridgehead atoms. The molecule has 9 nitrogen and oxygen atoms in total. The minimum atomic E-state index is -1.16. The third-order valence-corrected chi connectivity index (χ3v) is 9.45. The molecule has 0 spiro atoms.